The van der Waals surface area contributed by atoms with Gasteiger partial charge in [-0.05, 0) is 43.8 Å². The van der Waals surface area contributed by atoms with Crippen LogP contribution in [-0.4, -0.2) is 30.0 Å². The minimum atomic E-state index is -0.169. The molecule has 0 spiro atoms. The summed E-state index contributed by atoms with van der Waals surface area (Å²) in [6, 6.07) is 4.88. The molecule has 1 aromatic heterocycles. The first-order valence-electron chi connectivity index (χ1n) is 5.64. The molecule has 2 aromatic rings. The predicted molar refractivity (Wildman–Crippen MR) is 65.1 cm³/mol. The van der Waals surface area contributed by atoms with Crippen molar-refractivity contribution in [3.05, 3.63) is 35.8 Å². The van der Waals surface area contributed by atoms with E-state index in [1.807, 2.05) is 6.20 Å². The van der Waals surface area contributed by atoms with Gasteiger partial charge in [-0.25, -0.2) is 4.39 Å². The zero-order valence-electron chi connectivity index (χ0n) is 9.76. The van der Waals surface area contributed by atoms with Crippen LogP contribution in [0.3, 0.4) is 0 Å². The van der Waals surface area contributed by atoms with Crippen LogP contribution in [0.5, 0.6) is 0 Å². The van der Waals surface area contributed by atoms with Crippen molar-refractivity contribution >= 4 is 10.9 Å². The molecule has 1 heterocycles. The molecule has 0 saturated heterocycles. The maximum atomic E-state index is 13.1. The Morgan fingerprint density at radius 3 is 2.94 bits per heavy atom. The number of benzene rings is 1. The first kappa shape index (κ1) is 11.1. The summed E-state index contributed by atoms with van der Waals surface area (Å²) >= 11 is 0. The Morgan fingerprint density at radius 1 is 1.38 bits per heavy atom. The molecule has 1 aromatic carbocycles. The predicted octanol–water partition coefficient (Wildman–Crippen LogP) is 2.80. The van der Waals surface area contributed by atoms with Crippen LogP contribution in [0.4, 0.5) is 4.39 Å². The molecule has 0 unspecified atom stereocenters. The van der Waals surface area contributed by atoms with Gasteiger partial charge in [-0.3, -0.25) is 0 Å². The summed E-state index contributed by atoms with van der Waals surface area (Å²) in [4.78, 5) is 5.42. The van der Waals surface area contributed by atoms with E-state index in [4.69, 9.17) is 0 Å². The summed E-state index contributed by atoms with van der Waals surface area (Å²) in [6.07, 6.45) is 2.93. The molecule has 16 heavy (non-hydrogen) atoms. The highest BCUT2D eigenvalue weighted by Gasteiger charge is 2.05. The van der Waals surface area contributed by atoms with E-state index in [1.54, 1.807) is 12.1 Å². The van der Waals surface area contributed by atoms with Crippen molar-refractivity contribution in [2.24, 2.45) is 0 Å². The van der Waals surface area contributed by atoms with Gasteiger partial charge >= 0.3 is 0 Å². The van der Waals surface area contributed by atoms with Crippen molar-refractivity contribution in [3.8, 4) is 0 Å². The van der Waals surface area contributed by atoms with Crippen molar-refractivity contribution in [2.45, 2.75) is 13.3 Å². The number of likely N-dealkylation sites (N-methyl/N-ethyl adjacent to an activating group) is 1. The number of hydrogen-bond acceptors (Lipinski definition) is 1. The molecule has 0 radical (unpaired) electrons. The van der Waals surface area contributed by atoms with Gasteiger partial charge in [0.25, 0.3) is 0 Å². The van der Waals surface area contributed by atoms with E-state index in [9.17, 15) is 4.39 Å². The van der Waals surface area contributed by atoms with Crippen LogP contribution in [0.2, 0.25) is 0 Å². The minimum absolute atomic E-state index is 0.169. The molecule has 0 atom stereocenters. The van der Waals surface area contributed by atoms with E-state index in [0.717, 1.165) is 30.4 Å². The Hall–Kier alpha value is -1.35. The SMILES string of the molecule is CCN(C)CCc1c[nH]c2ccc(F)cc12. The molecule has 86 valence electrons. The Labute approximate surface area is 95.1 Å². The highest BCUT2D eigenvalue weighted by atomic mass is 19.1. The number of halogens is 1. The monoisotopic (exact) mass is 220 g/mol. The van der Waals surface area contributed by atoms with E-state index >= 15 is 0 Å². The van der Waals surface area contributed by atoms with Crippen molar-refractivity contribution in [1.29, 1.82) is 0 Å². The van der Waals surface area contributed by atoms with Gasteiger partial charge in [0.2, 0.25) is 0 Å². The molecular formula is C13H17FN2. The van der Waals surface area contributed by atoms with Crippen LogP contribution in [0.25, 0.3) is 10.9 Å². The lowest BCUT2D eigenvalue weighted by atomic mass is 10.1. The van der Waals surface area contributed by atoms with E-state index < -0.39 is 0 Å². The minimum Gasteiger partial charge on any atom is -0.361 e. The zero-order valence-corrected chi connectivity index (χ0v) is 9.76. The van der Waals surface area contributed by atoms with Gasteiger partial charge in [0.05, 0.1) is 0 Å². The van der Waals surface area contributed by atoms with Gasteiger partial charge in [-0.1, -0.05) is 6.92 Å². The molecule has 2 rings (SSSR count). The smallest absolute Gasteiger partial charge is 0.123 e. The lowest BCUT2D eigenvalue weighted by Gasteiger charge is -2.12. The van der Waals surface area contributed by atoms with Crippen molar-refractivity contribution in [1.82, 2.24) is 9.88 Å². The van der Waals surface area contributed by atoms with Crippen LogP contribution < -0.4 is 0 Å². The Kier molecular flexibility index (Phi) is 3.25. The van der Waals surface area contributed by atoms with Crippen LogP contribution in [0.15, 0.2) is 24.4 Å². The summed E-state index contributed by atoms with van der Waals surface area (Å²) < 4.78 is 13.1. The summed E-state index contributed by atoms with van der Waals surface area (Å²) in [6.45, 7) is 4.17. The van der Waals surface area contributed by atoms with E-state index in [1.165, 1.54) is 11.6 Å². The number of nitrogens with zero attached hydrogens (tertiary/aromatic N) is 1. The molecule has 0 fully saturated rings. The van der Waals surface area contributed by atoms with Gasteiger partial charge in [-0.2, -0.15) is 0 Å². The van der Waals surface area contributed by atoms with Gasteiger partial charge < -0.3 is 9.88 Å². The molecule has 0 aliphatic carbocycles. The maximum Gasteiger partial charge on any atom is 0.123 e. The number of aromatic nitrogens is 1. The van der Waals surface area contributed by atoms with E-state index in [0.29, 0.717) is 0 Å². The van der Waals surface area contributed by atoms with Crippen LogP contribution in [0, 0.1) is 5.82 Å². The highest BCUT2D eigenvalue weighted by Crippen LogP contribution is 2.19. The Morgan fingerprint density at radius 2 is 2.19 bits per heavy atom. The van der Waals surface area contributed by atoms with E-state index in [-0.39, 0.29) is 5.82 Å². The molecule has 0 aliphatic heterocycles. The third-order valence-electron chi connectivity index (χ3n) is 3.03. The summed E-state index contributed by atoms with van der Waals surface area (Å²) in [5.41, 5.74) is 2.20. The second-order valence-corrected chi connectivity index (χ2v) is 4.15. The summed E-state index contributed by atoms with van der Waals surface area (Å²) in [5, 5.41) is 1.00. The van der Waals surface area contributed by atoms with Gasteiger partial charge in [0.1, 0.15) is 5.82 Å². The topological polar surface area (TPSA) is 19.0 Å². The molecule has 3 heteroatoms. The number of nitrogens with one attached hydrogen (secondary N) is 1. The lowest BCUT2D eigenvalue weighted by Crippen LogP contribution is -2.20. The first-order valence-corrected chi connectivity index (χ1v) is 5.64. The molecule has 2 nitrogen and oxygen atoms in total. The van der Waals surface area contributed by atoms with Crippen molar-refractivity contribution in [2.75, 3.05) is 20.1 Å². The highest BCUT2D eigenvalue weighted by molar-refractivity contribution is 5.83. The molecule has 0 bridgehead atoms. The quantitative estimate of drug-likeness (QED) is 0.839. The van der Waals surface area contributed by atoms with Gasteiger partial charge in [0.15, 0.2) is 0 Å². The number of hydrogen-bond donors (Lipinski definition) is 1. The normalized spacial score (nSPS) is 11.5. The largest absolute Gasteiger partial charge is 0.361 e. The zero-order chi connectivity index (χ0) is 11.5. The van der Waals surface area contributed by atoms with Crippen molar-refractivity contribution < 1.29 is 4.39 Å². The molecule has 0 amide bonds. The standard InChI is InChI=1S/C13H17FN2/c1-3-16(2)7-6-10-9-15-13-5-4-11(14)8-12(10)13/h4-5,8-9,15H,3,6-7H2,1-2H3. The summed E-state index contributed by atoms with van der Waals surface area (Å²) in [7, 11) is 2.09. The third-order valence-corrected chi connectivity index (χ3v) is 3.03. The number of aromatic amines is 1. The van der Waals surface area contributed by atoms with Crippen LogP contribution in [-0.2, 0) is 6.42 Å². The fourth-order valence-corrected chi connectivity index (χ4v) is 1.83. The van der Waals surface area contributed by atoms with E-state index in [2.05, 4.69) is 23.9 Å². The number of fused-ring (bicyclic) bond motifs is 1. The molecular weight excluding hydrogens is 203 g/mol. The second kappa shape index (κ2) is 4.66. The second-order valence-electron chi connectivity index (χ2n) is 4.15. The Bertz CT molecular complexity index is 476. The van der Waals surface area contributed by atoms with Gasteiger partial charge in [0, 0.05) is 23.6 Å². The molecule has 0 aliphatic rings. The molecule has 1 N–H and O–H groups in total. The fraction of sp³-hybridized carbons (Fsp3) is 0.385. The van der Waals surface area contributed by atoms with Gasteiger partial charge in [-0.15, -0.1) is 0 Å². The summed E-state index contributed by atoms with van der Waals surface area (Å²) in [5.74, 6) is -0.169. The fourth-order valence-electron chi connectivity index (χ4n) is 1.83. The third kappa shape index (κ3) is 2.25. The number of H-pyrrole nitrogens is 1. The first-order chi connectivity index (χ1) is 7.70. The van der Waals surface area contributed by atoms with Crippen LogP contribution >= 0.6 is 0 Å². The van der Waals surface area contributed by atoms with Crippen molar-refractivity contribution in [3.63, 3.8) is 0 Å². The lowest BCUT2D eigenvalue weighted by molar-refractivity contribution is 0.358. The van der Waals surface area contributed by atoms with Crippen LogP contribution in [0.1, 0.15) is 12.5 Å². The number of rotatable bonds is 4. The average molecular weight is 220 g/mol. The maximum absolute atomic E-state index is 13.1. The average Bonchev–Trinajstić information content (AvgIpc) is 2.68. The molecule has 0 saturated carbocycles. The Balaban J connectivity index is 2.21.